The first-order valence-electron chi connectivity index (χ1n) is 12.1. The maximum Gasteiger partial charge on any atom is 0.416 e. The van der Waals surface area contributed by atoms with Gasteiger partial charge in [0.15, 0.2) is 0 Å². The molecule has 0 saturated heterocycles. The van der Waals surface area contributed by atoms with Crippen LogP contribution in [0.15, 0.2) is 66.7 Å². The number of carbonyl (C=O) groups excluding carboxylic acids is 1. The summed E-state index contributed by atoms with van der Waals surface area (Å²) in [5.41, 5.74) is 4.84. The Morgan fingerprint density at radius 3 is 2.58 bits per heavy atom. The van der Waals surface area contributed by atoms with Crippen LogP contribution >= 0.6 is 12.4 Å². The van der Waals surface area contributed by atoms with Gasteiger partial charge in [-0.3, -0.25) is 9.78 Å². The fraction of sp³-hybridized carbons (Fsp3) is 0.241. The zero-order valence-electron chi connectivity index (χ0n) is 20.7. The molecule has 2 N–H and O–H groups in total. The zero-order valence-corrected chi connectivity index (χ0v) is 21.5. The normalized spacial score (nSPS) is 12.8. The van der Waals surface area contributed by atoms with Crippen LogP contribution in [0.3, 0.4) is 0 Å². The van der Waals surface area contributed by atoms with Crippen LogP contribution in [0.2, 0.25) is 0 Å². The van der Waals surface area contributed by atoms with Crippen molar-refractivity contribution in [3.63, 3.8) is 0 Å². The lowest BCUT2D eigenvalue weighted by atomic mass is 9.92. The number of alkyl halides is 3. The van der Waals surface area contributed by atoms with Crippen LogP contribution in [0, 0.1) is 0 Å². The first kappa shape index (κ1) is 27.3. The minimum atomic E-state index is -4.46. The van der Waals surface area contributed by atoms with Crippen molar-refractivity contribution in [1.82, 2.24) is 4.98 Å². The molecule has 0 aliphatic heterocycles. The molecule has 38 heavy (non-hydrogen) atoms. The number of hydrogen-bond donors (Lipinski definition) is 2. The predicted octanol–water partition coefficient (Wildman–Crippen LogP) is 7.49. The Labute approximate surface area is 224 Å². The SMILES string of the molecule is COc1ccccc1Nc1c2c(nc3ccc(NC(=O)Cc4cccc(C(F)(F)F)c4)cc13)CCCC2.Cl. The fourth-order valence-electron chi connectivity index (χ4n) is 4.78. The van der Waals surface area contributed by atoms with Crippen molar-refractivity contribution < 1.29 is 22.7 Å². The van der Waals surface area contributed by atoms with Crippen LogP contribution in [0.25, 0.3) is 10.9 Å². The number of hydrogen-bond acceptors (Lipinski definition) is 4. The summed E-state index contributed by atoms with van der Waals surface area (Å²) in [7, 11) is 1.62. The van der Waals surface area contributed by atoms with Crippen molar-refractivity contribution in [3.8, 4) is 5.75 Å². The van der Waals surface area contributed by atoms with Crippen LogP contribution in [0.4, 0.5) is 30.2 Å². The van der Waals surface area contributed by atoms with Gasteiger partial charge in [-0.2, -0.15) is 13.2 Å². The van der Waals surface area contributed by atoms with E-state index in [1.807, 2.05) is 36.4 Å². The fourth-order valence-corrected chi connectivity index (χ4v) is 4.78. The Balaban J connectivity index is 0.00000336. The standard InChI is InChI=1S/C29H26F3N3O2.ClH/c1-37-26-12-5-4-11-25(26)35-28-21-9-2-3-10-23(21)34-24-14-13-20(17-22(24)28)33-27(36)16-18-7-6-8-19(15-18)29(30,31)32;/h4-8,11-15,17H,2-3,9-10,16H2,1H3,(H,33,36)(H,34,35);1H. The molecule has 3 aromatic carbocycles. The minimum Gasteiger partial charge on any atom is -0.495 e. The Morgan fingerprint density at radius 2 is 1.79 bits per heavy atom. The van der Waals surface area contributed by atoms with Gasteiger partial charge in [0.25, 0.3) is 0 Å². The molecule has 4 aromatic rings. The van der Waals surface area contributed by atoms with Gasteiger partial charge in [0.05, 0.1) is 36.0 Å². The minimum absolute atomic E-state index is 0. The van der Waals surface area contributed by atoms with E-state index in [9.17, 15) is 18.0 Å². The van der Waals surface area contributed by atoms with Gasteiger partial charge in [0, 0.05) is 16.8 Å². The van der Waals surface area contributed by atoms with Gasteiger partial charge in [-0.1, -0.05) is 30.3 Å². The number of benzene rings is 3. The summed E-state index contributed by atoms with van der Waals surface area (Å²) >= 11 is 0. The number of nitrogens with zero attached hydrogens (tertiary/aromatic N) is 1. The summed E-state index contributed by atoms with van der Waals surface area (Å²) in [5.74, 6) is 0.311. The summed E-state index contributed by atoms with van der Waals surface area (Å²) in [6, 6.07) is 18.0. The number of nitrogens with one attached hydrogen (secondary N) is 2. The molecule has 5 rings (SSSR count). The molecule has 9 heteroatoms. The van der Waals surface area contributed by atoms with Crippen LogP contribution < -0.4 is 15.4 Å². The highest BCUT2D eigenvalue weighted by Crippen LogP contribution is 2.38. The average Bonchev–Trinajstić information content (AvgIpc) is 2.88. The van der Waals surface area contributed by atoms with Gasteiger partial charge in [-0.15, -0.1) is 12.4 Å². The second-order valence-electron chi connectivity index (χ2n) is 9.10. The second kappa shape index (κ2) is 11.3. The number of aromatic nitrogens is 1. The number of anilines is 3. The first-order valence-corrected chi connectivity index (χ1v) is 12.1. The maximum atomic E-state index is 13.0. The highest BCUT2D eigenvalue weighted by atomic mass is 35.5. The van der Waals surface area contributed by atoms with Gasteiger partial charge in [0.1, 0.15) is 5.75 Å². The molecule has 0 unspecified atom stereocenters. The largest absolute Gasteiger partial charge is 0.495 e. The van der Waals surface area contributed by atoms with Crippen LogP contribution in [0.5, 0.6) is 5.75 Å². The van der Waals surface area contributed by atoms with Crippen LogP contribution in [-0.4, -0.2) is 18.0 Å². The topological polar surface area (TPSA) is 63.2 Å². The molecular weight excluding hydrogens is 515 g/mol. The molecule has 0 bridgehead atoms. The van der Waals surface area contributed by atoms with E-state index >= 15 is 0 Å². The Hall–Kier alpha value is -3.78. The molecule has 5 nitrogen and oxygen atoms in total. The van der Waals surface area contributed by atoms with E-state index in [1.165, 1.54) is 12.1 Å². The number of aryl methyl sites for hydroxylation is 1. The lowest BCUT2D eigenvalue weighted by Gasteiger charge is -2.23. The van der Waals surface area contributed by atoms with Gasteiger partial charge >= 0.3 is 6.18 Å². The number of halogens is 4. The summed E-state index contributed by atoms with van der Waals surface area (Å²) in [6.45, 7) is 0. The third kappa shape index (κ3) is 5.86. The van der Waals surface area contributed by atoms with E-state index in [0.29, 0.717) is 17.0 Å². The summed E-state index contributed by atoms with van der Waals surface area (Å²) in [6.07, 6.45) is -0.681. The number of methoxy groups -OCH3 is 1. The van der Waals surface area contributed by atoms with Crippen molar-refractivity contribution in [2.75, 3.05) is 17.7 Å². The van der Waals surface area contributed by atoms with E-state index < -0.39 is 17.6 Å². The lowest BCUT2D eigenvalue weighted by molar-refractivity contribution is -0.137. The third-order valence-corrected chi connectivity index (χ3v) is 6.53. The predicted molar refractivity (Wildman–Crippen MR) is 146 cm³/mol. The van der Waals surface area contributed by atoms with Crippen molar-refractivity contribution >= 4 is 46.3 Å². The van der Waals surface area contributed by atoms with Crippen molar-refractivity contribution in [2.24, 2.45) is 0 Å². The number of para-hydroxylation sites is 2. The number of amides is 1. The van der Waals surface area contributed by atoms with Crippen LogP contribution in [0.1, 0.15) is 35.2 Å². The molecule has 1 aliphatic rings. The van der Waals surface area contributed by atoms with Crippen molar-refractivity contribution in [1.29, 1.82) is 0 Å². The van der Waals surface area contributed by atoms with Crippen molar-refractivity contribution in [2.45, 2.75) is 38.3 Å². The third-order valence-electron chi connectivity index (χ3n) is 6.53. The van der Waals surface area contributed by atoms with E-state index in [1.54, 1.807) is 13.2 Å². The average molecular weight is 542 g/mol. The Bertz CT molecular complexity index is 1470. The number of fused-ring (bicyclic) bond motifs is 2. The monoisotopic (exact) mass is 541 g/mol. The van der Waals surface area contributed by atoms with Gasteiger partial charge in [-0.25, -0.2) is 0 Å². The molecule has 0 spiro atoms. The molecule has 0 fully saturated rings. The smallest absolute Gasteiger partial charge is 0.416 e. The molecular formula is C29H27ClF3N3O2. The molecule has 0 atom stereocenters. The molecule has 1 aromatic heterocycles. The summed E-state index contributed by atoms with van der Waals surface area (Å²) in [4.78, 5) is 17.6. The number of pyridine rings is 1. The Morgan fingerprint density at radius 1 is 1.00 bits per heavy atom. The molecule has 1 amide bonds. The summed E-state index contributed by atoms with van der Waals surface area (Å²) in [5, 5.41) is 7.24. The van der Waals surface area contributed by atoms with E-state index in [2.05, 4.69) is 10.6 Å². The lowest BCUT2D eigenvalue weighted by Crippen LogP contribution is -2.15. The van der Waals surface area contributed by atoms with Crippen LogP contribution in [-0.2, 0) is 30.2 Å². The van der Waals surface area contributed by atoms with Gasteiger partial charge < -0.3 is 15.4 Å². The van der Waals surface area contributed by atoms with E-state index in [-0.39, 0.29) is 18.8 Å². The number of rotatable bonds is 6. The van der Waals surface area contributed by atoms with E-state index in [0.717, 1.165) is 71.4 Å². The molecule has 0 saturated carbocycles. The van der Waals surface area contributed by atoms with Crippen molar-refractivity contribution in [3.05, 3.63) is 89.1 Å². The Kier molecular flexibility index (Phi) is 8.11. The maximum absolute atomic E-state index is 13.0. The summed E-state index contributed by atoms with van der Waals surface area (Å²) < 4.78 is 44.7. The van der Waals surface area contributed by atoms with E-state index in [4.69, 9.17) is 9.72 Å². The highest BCUT2D eigenvalue weighted by Gasteiger charge is 2.30. The van der Waals surface area contributed by atoms with Gasteiger partial charge in [0.2, 0.25) is 5.91 Å². The second-order valence-corrected chi connectivity index (χ2v) is 9.10. The molecule has 1 aliphatic carbocycles. The highest BCUT2D eigenvalue weighted by molar-refractivity contribution is 6.00. The van der Waals surface area contributed by atoms with Gasteiger partial charge in [-0.05, 0) is 73.2 Å². The number of ether oxygens (including phenoxy) is 1. The number of carbonyl (C=O) groups is 1. The molecule has 0 radical (unpaired) electrons. The first-order chi connectivity index (χ1) is 17.8. The quantitative estimate of drug-likeness (QED) is 0.265. The zero-order chi connectivity index (χ0) is 26.0. The molecule has 1 heterocycles. The molecule has 198 valence electrons.